The second-order valence-electron chi connectivity index (χ2n) is 4.47. The van der Waals surface area contributed by atoms with Crippen LogP contribution in [0.1, 0.15) is 33.2 Å². The molecule has 2 aromatic rings. The predicted octanol–water partition coefficient (Wildman–Crippen LogP) is 2.21. The lowest BCUT2D eigenvalue weighted by atomic mass is 10.1. The molecule has 110 valence electrons. The zero-order chi connectivity index (χ0) is 15.6. The van der Waals surface area contributed by atoms with E-state index in [1.165, 1.54) is 0 Å². The Morgan fingerprint density at radius 2 is 1.95 bits per heavy atom. The molecule has 0 aliphatic carbocycles. The third-order valence-electron chi connectivity index (χ3n) is 2.87. The number of carboxylic acid groups (broad SMARTS) is 1. The summed E-state index contributed by atoms with van der Waals surface area (Å²) in [5.74, 6) is -2.10. The van der Waals surface area contributed by atoms with Gasteiger partial charge < -0.3 is 15.2 Å². The Labute approximate surface area is 130 Å². The molecular weight excluding hydrogens is 312 g/mol. The number of carbonyl (C=O) groups is 2. The highest BCUT2D eigenvalue weighted by molar-refractivity contribution is 7.13. The molecule has 7 heteroatoms. The Kier molecular flexibility index (Phi) is 4.59. The average Bonchev–Trinajstić information content (AvgIpc) is 2.82. The quantitative estimate of drug-likeness (QED) is 0.935. The van der Waals surface area contributed by atoms with Crippen LogP contribution in [-0.4, -0.2) is 16.9 Å². The fourth-order valence-corrected chi connectivity index (χ4v) is 2.77. The van der Waals surface area contributed by atoms with Gasteiger partial charge in [0.2, 0.25) is 5.91 Å². The third kappa shape index (κ3) is 3.59. The number of benzene rings is 1. The van der Waals surface area contributed by atoms with Crippen molar-refractivity contribution in [3.8, 4) is 0 Å². The van der Waals surface area contributed by atoms with Crippen LogP contribution in [0.4, 0.5) is 5.69 Å². The SMILES string of the molecule is Cc1nc([C@H](C)C(=O)Nc2ccc(Cl)cc2)sc1C(=O)[O-]. The highest BCUT2D eigenvalue weighted by Gasteiger charge is 2.21. The van der Waals surface area contributed by atoms with Crippen LogP contribution in [0, 0.1) is 6.92 Å². The number of halogens is 1. The summed E-state index contributed by atoms with van der Waals surface area (Å²) in [5, 5.41) is 14.6. The highest BCUT2D eigenvalue weighted by atomic mass is 35.5. The summed E-state index contributed by atoms with van der Waals surface area (Å²) in [7, 11) is 0. The van der Waals surface area contributed by atoms with E-state index in [2.05, 4.69) is 10.3 Å². The van der Waals surface area contributed by atoms with Crippen molar-refractivity contribution in [2.75, 3.05) is 5.32 Å². The van der Waals surface area contributed by atoms with Gasteiger partial charge in [0, 0.05) is 10.7 Å². The first-order chi connectivity index (χ1) is 9.88. The molecule has 0 unspecified atom stereocenters. The lowest BCUT2D eigenvalue weighted by molar-refractivity contribution is -0.254. The Hall–Kier alpha value is -1.92. The Balaban J connectivity index is 2.13. The number of nitrogens with one attached hydrogen (secondary N) is 1. The van der Waals surface area contributed by atoms with Crippen molar-refractivity contribution >= 4 is 40.5 Å². The number of thiazole rings is 1. The van der Waals surface area contributed by atoms with Gasteiger partial charge in [-0.05, 0) is 38.1 Å². The van der Waals surface area contributed by atoms with Crippen LogP contribution in [0.2, 0.25) is 5.02 Å². The number of aromatic nitrogens is 1. The van der Waals surface area contributed by atoms with E-state index in [-0.39, 0.29) is 10.8 Å². The van der Waals surface area contributed by atoms with Gasteiger partial charge in [0.1, 0.15) is 5.01 Å². The minimum Gasteiger partial charge on any atom is -0.544 e. The van der Waals surface area contributed by atoms with Gasteiger partial charge in [-0.25, -0.2) is 4.98 Å². The van der Waals surface area contributed by atoms with Crippen molar-refractivity contribution in [2.24, 2.45) is 0 Å². The first-order valence-corrected chi connectivity index (χ1v) is 7.33. The number of nitrogens with zero attached hydrogens (tertiary/aromatic N) is 1. The standard InChI is InChI=1S/C14H13ClN2O3S/c1-7(13-16-8(2)11(21-13)14(19)20)12(18)17-10-5-3-9(15)4-6-10/h3-7H,1-2H3,(H,17,18)(H,19,20)/p-1/t7-/m1/s1. The molecule has 0 radical (unpaired) electrons. The summed E-state index contributed by atoms with van der Waals surface area (Å²) >= 11 is 6.74. The number of hydrogen-bond donors (Lipinski definition) is 1. The van der Waals surface area contributed by atoms with E-state index < -0.39 is 11.9 Å². The van der Waals surface area contributed by atoms with Gasteiger partial charge >= 0.3 is 0 Å². The van der Waals surface area contributed by atoms with Crippen molar-refractivity contribution in [3.05, 3.63) is 44.9 Å². The molecule has 1 amide bonds. The topological polar surface area (TPSA) is 82.1 Å². The zero-order valence-electron chi connectivity index (χ0n) is 11.3. The second-order valence-corrected chi connectivity index (χ2v) is 5.94. The van der Waals surface area contributed by atoms with E-state index in [0.29, 0.717) is 21.4 Å². The summed E-state index contributed by atoms with van der Waals surface area (Å²) in [6.07, 6.45) is 0. The molecule has 2 rings (SSSR count). The maximum absolute atomic E-state index is 12.1. The van der Waals surface area contributed by atoms with Crippen molar-refractivity contribution in [2.45, 2.75) is 19.8 Å². The number of carboxylic acids is 1. The molecule has 1 heterocycles. The van der Waals surface area contributed by atoms with Gasteiger partial charge in [0.05, 0.1) is 22.5 Å². The molecule has 0 spiro atoms. The first kappa shape index (κ1) is 15.5. The van der Waals surface area contributed by atoms with Crippen LogP contribution in [0.5, 0.6) is 0 Å². The normalized spacial score (nSPS) is 12.0. The molecule has 0 bridgehead atoms. The third-order valence-corrected chi connectivity index (χ3v) is 4.45. The number of amides is 1. The number of anilines is 1. The average molecular weight is 324 g/mol. The largest absolute Gasteiger partial charge is 0.544 e. The van der Waals surface area contributed by atoms with Gasteiger partial charge in [-0.3, -0.25) is 4.79 Å². The van der Waals surface area contributed by atoms with E-state index in [9.17, 15) is 14.7 Å². The van der Waals surface area contributed by atoms with Gasteiger partial charge in [0.15, 0.2) is 0 Å². The first-order valence-electron chi connectivity index (χ1n) is 6.13. The van der Waals surface area contributed by atoms with Crippen LogP contribution in [0.25, 0.3) is 0 Å². The molecule has 1 aromatic carbocycles. The molecule has 21 heavy (non-hydrogen) atoms. The highest BCUT2D eigenvalue weighted by Crippen LogP contribution is 2.26. The van der Waals surface area contributed by atoms with E-state index in [4.69, 9.17) is 11.6 Å². The van der Waals surface area contributed by atoms with Crippen LogP contribution in [0.3, 0.4) is 0 Å². The molecule has 5 nitrogen and oxygen atoms in total. The van der Waals surface area contributed by atoms with E-state index in [1.807, 2.05) is 0 Å². The number of carbonyl (C=O) groups excluding carboxylic acids is 2. The van der Waals surface area contributed by atoms with Crippen LogP contribution in [-0.2, 0) is 4.79 Å². The van der Waals surface area contributed by atoms with E-state index >= 15 is 0 Å². The summed E-state index contributed by atoms with van der Waals surface area (Å²) in [6, 6.07) is 6.71. The van der Waals surface area contributed by atoms with Crippen molar-refractivity contribution < 1.29 is 14.7 Å². The number of aryl methyl sites for hydroxylation is 1. The van der Waals surface area contributed by atoms with Gasteiger partial charge in [-0.2, -0.15) is 0 Å². The Bertz CT molecular complexity index is 682. The van der Waals surface area contributed by atoms with Gasteiger partial charge in [-0.15, -0.1) is 11.3 Å². The summed E-state index contributed by atoms with van der Waals surface area (Å²) in [6.45, 7) is 3.25. The molecule has 0 saturated heterocycles. The Morgan fingerprint density at radius 3 is 2.48 bits per heavy atom. The zero-order valence-corrected chi connectivity index (χ0v) is 12.9. The monoisotopic (exact) mass is 323 g/mol. The minimum atomic E-state index is -1.28. The lowest BCUT2D eigenvalue weighted by Crippen LogP contribution is -2.21. The van der Waals surface area contributed by atoms with Gasteiger partial charge in [0.25, 0.3) is 0 Å². The van der Waals surface area contributed by atoms with Crippen LogP contribution >= 0.6 is 22.9 Å². The number of rotatable bonds is 4. The molecule has 0 fully saturated rings. The fraction of sp³-hybridized carbons (Fsp3) is 0.214. The molecule has 0 aliphatic heterocycles. The van der Waals surface area contributed by atoms with Gasteiger partial charge in [-0.1, -0.05) is 11.6 Å². The number of hydrogen-bond acceptors (Lipinski definition) is 5. The minimum absolute atomic E-state index is 0.0520. The van der Waals surface area contributed by atoms with Crippen LogP contribution < -0.4 is 10.4 Å². The maximum atomic E-state index is 12.1. The second kappa shape index (κ2) is 6.24. The summed E-state index contributed by atoms with van der Waals surface area (Å²) < 4.78 is 0. The lowest BCUT2D eigenvalue weighted by Gasteiger charge is -2.09. The number of aromatic carboxylic acids is 1. The van der Waals surface area contributed by atoms with Crippen LogP contribution in [0.15, 0.2) is 24.3 Å². The predicted molar refractivity (Wildman–Crippen MR) is 79.7 cm³/mol. The molecular formula is C14H12ClN2O3S-. The fourth-order valence-electron chi connectivity index (χ4n) is 1.69. The maximum Gasteiger partial charge on any atom is 0.234 e. The molecule has 1 N–H and O–H groups in total. The molecule has 0 aliphatic rings. The molecule has 0 saturated carbocycles. The van der Waals surface area contributed by atoms with Crippen molar-refractivity contribution in [1.29, 1.82) is 0 Å². The smallest absolute Gasteiger partial charge is 0.234 e. The molecule has 1 atom stereocenters. The summed E-state index contributed by atoms with van der Waals surface area (Å²) in [5.41, 5.74) is 0.978. The summed E-state index contributed by atoms with van der Waals surface area (Å²) in [4.78, 5) is 27.2. The van der Waals surface area contributed by atoms with Crippen molar-refractivity contribution in [1.82, 2.24) is 4.98 Å². The van der Waals surface area contributed by atoms with E-state index in [1.54, 1.807) is 38.1 Å². The molecule has 1 aromatic heterocycles. The van der Waals surface area contributed by atoms with E-state index in [0.717, 1.165) is 11.3 Å². The Morgan fingerprint density at radius 1 is 1.33 bits per heavy atom. The van der Waals surface area contributed by atoms with Crippen molar-refractivity contribution in [3.63, 3.8) is 0 Å².